The Morgan fingerprint density at radius 2 is 1.76 bits per heavy atom. The number of carbonyl (C=O) groups excluding carboxylic acids is 1. The van der Waals surface area contributed by atoms with Crippen LogP contribution in [0.2, 0.25) is 0 Å². The van der Waals surface area contributed by atoms with Gasteiger partial charge >= 0.3 is 0 Å². The first kappa shape index (κ1) is 26.1. The predicted molar refractivity (Wildman–Crippen MR) is 126 cm³/mol. The number of methoxy groups -OCH3 is 1. The van der Waals surface area contributed by atoms with Crippen LogP contribution in [-0.4, -0.2) is 32.8 Å². The minimum atomic E-state index is -2.28. The Bertz CT molecular complexity index is 1400. The summed E-state index contributed by atoms with van der Waals surface area (Å²) < 4.78 is 80.1. The number of benzene rings is 2. The molecule has 37 heavy (non-hydrogen) atoms. The summed E-state index contributed by atoms with van der Waals surface area (Å²) >= 11 is 5.29. The third kappa shape index (κ3) is 5.12. The van der Waals surface area contributed by atoms with Crippen molar-refractivity contribution in [2.75, 3.05) is 7.11 Å². The lowest BCUT2D eigenvalue weighted by Gasteiger charge is -2.13. The van der Waals surface area contributed by atoms with Gasteiger partial charge in [-0.05, 0) is 42.9 Å². The molecule has 194 valence electrons. The van der Waals surface area contributed by atoms with Crippen LogP contribution in [0.25, 0.3) is 6.08 Å². The van der Waals surface area contributed by atoms with Gasteiger partial charge in [0.2, 0.25) is 29.1 Å². The molecule has 0 atom stereocenters. The van der Waals surface area contributed by atoms with Gasteiger partial charge in [-0.2, -0.15) is 13.9 Å². The van der Waals surface area contributed by atoms with Gasteiger partial charge in [-0.1, -0.05) is 6.07 Å². The minimum Gasteiger partial charge on any atom is -0.496 e. The molecule has 0 spiro atoms. The van der Waals surface area contributed by atoms with Crippen molar-refractivity contribution in [3.8, 4) is 11.5 Å². The van der Waals surface area contributed by atoms with E-state index < -0.39 is 41.4 Å². The highest BCUT2D eigenvalue weighted by Gasteiger charge is 2.31. The topological polar surface area (TPSA) is 68.6 Å². The molecule has 4 rings (SSSR count). The Morgan fingerprint density at radius 1 is 1.08 bits per heavy atom. The average molecular weight is 538 g/mol. The molecule has 2 heterocycles. The van der Waals surface area contributed by atoms with Gasteiger partial charge < -0.3 is 14.8 Å². The maximum atomic E-state index is 14.0. The quantitative estimate of drug-likeness (QED) is 0.150. The zero-order valence-electron chi connectivity index (χ0n) is 19.4. The second kappa shape index (κ2) is 10.5. The van der Waals surface area contributed by atoms with Crippen molar-refractivity contribution < 1.29 is 36.2 Å². The number of halogens is 5. The van der Waals surface area contributed by atoms with E-state index in [1.807, 2.05) is 6.92 Å². The van der Waals surface area contributed by atoms with Crippen molar-refractivity contribution in [1.29, 1.82) is 0 Å². The van der Waals surface area contributed by atoms with Crippen molar-refractivity contribution in [3.63, 3.8) is 0 Å². The highest BCUT2D eigenvalue weighted by Crippen LogP contribution is 2.31. The monoisotopic (exact) mass is 538 g/mol. The van der Waals surface area contributed by atoms with E-state index in [2.05, 4.69) is 10.4 Å². The number of rotatable bonds is 8. The van der Waals surface area contributed by atoms with E-state index in [-0.39, 0.29) is 34.6 Å². The molecule has 1 fully saturated rings. The highest BCUT2D eigenvalue weighted by molar-refractivity contribution is 7.80. The van der Waals surface area contributed by atoms with Gasteiger partial charge in [0.1, 0.15) is 18.1 Å². The molecule has 2 aromatic carbocycles. The summed E-state index contributed by atoms with van der Waals surface area (Å²) in [4.78, 5) is 14.3. The summed E-state index contributed by atoms with van der Waals surface area (Å²) in [6, 6.07) is 4.57. The minimum absolute atomic E-state index is 0.171. The van der Waals surface area contributed by atoms with Crippen LogP contribution < -0.4 is 14.8 Å². The van der Waals surface area contributed by atoms with Crippen LogP contribution in [-0.2, 0) is 24.5 Å². The summed E-state index contributed by atoms with van der Waals surface area (Å²) in [5.41, 5.74) is 1.64. The molecule has 1 N–H and O–H groups in total. The van der Waals surface area contributed by atoms with E-state index in [1.165, 1.54) is 30.2 Å². The third-order valence-corrected chi connectivity index (χ3v) is 5.79. The lowest BCUT2D eigenvalue weighted by atomic mass is 10.1. The molecule has 0 bridgehead atoms. The zero-order valence-corrected chi connectivity index (χ0v) is 20.3. The van der Waals surface area contributed by atoms with E-state index in [0.717, 1.165) is 5.56 Å². The van der Waals surface area contributed by atoms with Crippen LogP contribution in [0.15, 0.2) is 36.3 Å². The second-order valence-electron chi connectivity index (χ2n) is 7.84. The Balaban J connectivity index is 1.56. The van der Waals surface area contributed by atoms with Crippen molar-refractivity contribution in [1.82, 2.24) is 20.0 Å². The standard InChI is InChI=1S/C24H19F5N4O3S/c1-3-32-9-13(8-30-32)10-33-23(34)15(31-24(33)37)7-12-4-5-16(35-2)14(6-12)11-36-22-20(28)18(26)17(25)19(27)21(22)29/h4-9H,3,10-11H2,1-2H3,(H,31,37)/b15-7+. The molecule has 1 amide bonds. The maximum absolute atomic E-state index is 14.0. The maximum Gasteiger partial charge on any atom is 0.276 e. The molecule has 7 nitrogen and oxygen atoms in total. The summed E-state index contributed by atoms with van der Waals surface area (Å²) in [6.07, 6.45) is 4.94. The first-order valence-corrected chi connectivity index (χ1v) is 11.2. The van der Waals surface area contributed by atoms with E-state index >= 15 is 0 Å². The summed E-state index contributed by atoms with van der Waals surface area (Å²) in [7, 11) is 1.33. The summed E-state index contributed by atoms with van der Waals surface area (Å²) in [5.74, 6) is -12.3. The number of thiocarbonyl (C=S) groups is 1. The highest BCUT2D eigenvalue weighted by atomic mass is 32.1. The normalized spacial score (nSPS) is 14.5. The number of aromatic nitrogens is 2. The lowest BCUT2D eigenvalue weighted by Crippen LogP contribution is -2.29. The van der Waals surface area contributed by atoms with Gasteiger partial charge in [0.25, 0.3) is 5.91 Å². The predicted octanol–water partition coefficient (Wildman–Crippen LogP) is 4.44. The first-order valence-electron chi connectivity index (χ1n) is 10.8. The fourth-order valence-electron chi connectivity index (χ4n) is 3.59. The smallest absolute Gasteiger partial charge is 0.276 e. The number of nitrogens with zero attached hydrogens (tertiary/aromatic N) is 3. The molecule has 0 unspecified atom stereocenters. The van der Waals surface area contributed by atoms with Crippen LogP contribution in [0.3, 0.4) is 0 Å². The van der Waals surface area contributed by atoms with Gasteiger partial charge in [0, 0.05) is 23.9 Å². The molecule has 3 aromatic rings. The molecule has 0 radical (unpaired) electrons. The number of nitrogens with one attached hydrogen (secondary N) is 1. The van der Waals surface area contributed by atoms with Crippen molar-refractivity contribution in [2.24, 2.45) is 0 Å². The second-order valence-corrected chi connectivity index (χ2v) is 8.23. The van der Waals surface area contributed by atoms with Crippen LogP contribution in [0.1, 0.15) is 23.6 Å². The Kier molecular flexibility index (Phi) is 7.43. The average Bonchev–Trinajstić information content (AvgIpc) is 3.46. The van der Waals surface area contributed by atoms with Crippen LogP contribution in [0, 0.1) is 29.1 Å². The van der Waals surface area contributed by atoms with Crippen LogP contribution in [0.5, 0.6) is 11.5 Å². The SMILES string of the molecule is CCn1cc(CN2C(=O)/C(=C\c3ccc(OC)c(COc4c(F)c(F)c(F)c(F)c4F)c3)NC2=S)cn1. The Morgan fingerprint density at radius 3 is 2.38 bits per heavy atom. The molecule has 1 saturated heterocycles. The van der Waals surface area contributed by atoms with Gasteiger partial charge in [0.05, 0.1) is 19.9 Å². The van der Waals surface area contributed by atoms with E-state index in [9.17, 15) is 26.7 Å². The van der Waals surface area contributed by atoms with Crippen molar-refractivity contribution in [3.05, 3.63) is 82.1 Å². The molecule has 13 heteroatoms. The molecule has 1 aliphatic heterocycles. The Hall–Kier alpha value is -4.00. The van der Waals surface area contributed by atoms with Crippen molar-refractivity contribution in [2.45, 2.75) is 26.6 Å². The number of ether oxygens (including phenoxy) is 2. The number of hydrogen-bond donors (Lipinski definition) is 1. The van der Waals surface area contributed by atoms with E-state index in [1.54, 1.807) is 23.1 Å². The summed E-state index contributed by atoms with van der Waals surface area (Å²) in [5, 5.41) is 7.21. The van der Waals surface area contributed by atoms with Crippen molar-refractivity contribution >= 4 is 29.3 Å². The van der Waals surface area contributed by atoms with Gasteiger partial charge in [-0.25, -0.2) is 13.2 Å². The number of aryl methyl sites for hydroxylation is 1. The summed E-state index contributed by atoms with van der Waals surface area (Å²) in [6.45, 7) is 2.23. The molecule has 0 saturated carbocycles. The number of hydrogen-bond acceptors (Lipinski definition) is 5. The molecule has 1 aromatic heterocycles. The largest absolute Gasteiger partial charge is 0.496 e. The molecular weight excluding hydrogens is 519 g/mol. The molecular formula is C24H19F5N4O3S. The van der Waals surface area contributed by atoms with Gasteiger partial charge in [-0.15, -0.1) is 0 Å². The van der Waals surface area contributed by atoms with E-state index in [4.69, 9.17) is 21.7 Å². The third-order valence-electron chi connectivity index (χ3n) is 5.47. The fourth-order valence-corrected chi connectivity index (χ4v) is 3.85. The number of carbonyl (C=O) groups is 1. The Labute approximate surface area is 213 Å². The van der Waals surface area contributed by atoms with Crippen LogP contribution in [0.4, 0.5) is 22.0 Å². The molecule has 0 aliphatic carbocycles. The zero-order chi connectivity index (χ0) is 26.9. The lowest BCUT2D eigenvalue weighted by molar-refractivity contribution is -0.122. The van der Waals surface area contributed by atoms with E-state index in [0.29, 0.717) is 12.1 Å². The van der Waals surface area contributed by atoms with Gasteiger partial charge in [0.15, 0.2) is 10.9 Å². The number of amides is 1. The fraction of sp³-hybridized carbons (Fsp3) is 0.208. The first-order chi connectivity index (χ1) is 17.6. The molecule has 1 aliphatic rings. The van der Waals surface area contributed by atoms with Gasteiger partial charge in [-0.3, -0.25) is 14.4 Å². The van der Waals surface area contributed by atoms with Crippen LogP contribution >= 0.6 is 12.2 Å².